The lowest BCUT2D eigenvalue weighted by Crippen LogP contribution is -2.25. The third kappa shape index (κ3) is 3.44. The quantitative estimate of drug-likeness (QED) is 0.876. The molecular weight excluding hydrogens is 222 g/mol. The fraction of sp³-hybridized carbons (Fsp3) is 0.400. The third-order valence-corrected chi connectivity index (χ3v) is 3.13. The minimum atomic E-state index is 0.155. The molecule has 1 aromatic carbocycles. The molecule has 1 atom stereocenters. The van der Waals surface area contributed by atoms with Crippen molar-refractivity contribution in [2.45, 2.75) is 39.3 Å². The molecule has 1 unspecified atom stereocenters. The first-order chi connectivity index (χ1) is 8.67. The Morgan fingerprint density at radius 1 is 1.17 bits per heavy atom. The zero-order valence-electron chi connectivity index (χ0n) is 11.1. The first-order valence-corrected chi connectivity index (χ1v) is 6.50. The molecule has 18 heavy (non-hydrogen) atoms. The van der Waals surface area contributed by atoms with E-state index in [9.17, 15) is 0 Å². The molecule has 0 radical (unpaired) electrons. The molecule has 0 saturated heterocycles. The molecule has 0 aliphatic rings. The van der Waals surface area contributed by atoms with Gasteiger partial charge < -0.3 is 5.73 Å². The molecule has 1 aromatic heterocycles. The molecule has 0 saturated carbocycles. The second kappa shape index (κ2) is 5.83. The van der Waals surface area contributed by atoms with Crippen LogP contribution in [0.4, 0.5) is 0 Å². The van der Waals surface area contributed by atoms with Gasteiger partial charge in [0.2, 0.25) is 0 Å². The van der Waals surface area contributed by atoms with Gasteiger partial charge in [0.05, 0.1) is 6.20 Å². The van der Waals surface area contributed by atoms with Crippen LogP contribution in [-0.2, 0) is 19.4 Å². The van der Waals surface area contributed by atoms with Crippen LogP contribution in [0.1, 0.15) is 23.6 Å². The summed E-state index contributed by atoms with van der Waals surface area (Å²) in [5, 5.41) is 4.27. The Balaban J connectivity index is 1.91. The first kappa shape index (κ1) is 12.8. The lowest BCUT2D eigenvalue weighted by atomic mass is 10.0. The number of aromatic nitrogens is 2. The minimum Gasteiger partial charge on any atom is -0.327 e. The molecule has 2 N–H and O–H groups in total. The molecular formula is C15H21N3. The lowest BCUT2D eigenvalue weighted by Gasteiger charge is -2.10. The van der Waals surface area contributed by atoms with E-state index >= 15 is 0 Å². The smallest absolute Gasteiger partial charge is 0.0522 e. The van der Waals surface area contributed by atoms with Crippen LogP contribution in [0.3, 0.4) is 0 Å². The Morgan fingerprint density at radius 3 is 2.44 bits per heavy atom. The van der Waals surface area contributed by atoms with Gasteiger partial charge in [-0.25, -0.2) is 0 Å². The second-order valence-corrected chi connectivity index (χ2v) is 4.86. The maximum atomic E-state index is 6.19. The molecule has 2 aromatic rings. The highest BCUT2D eigenvalue weighted by Gasteiger charge is 2.07. The van der Waals surface area contributed by atoms with Crippen LogP contribution >= 0.6 is 0 Å². The van der Waals surface area contributed by atoms with Crippen molar-refractivity contribution in [1.29, 1.82) is 0 Å². The van der Waals surface area contributed by atoms with Crippen molar-refractivity contribution in [2.75, 3.05) is 0 Å². The third-order valence-electron chi connectivity index (χ3n) is 3.13. The molecule has 0 aliphatic carbocycles. The maximum Gasteiger partial charge on any atom is 0.0522 e. The van der Waals surface area contributed by atoms with Gasteiger partial charge in [-0.3, -0.25) is 4.68 Å². The SMILES string of the molecule is CCn1cc(CC(N)Cc2ccc(C)cc2)cn1. The molecule has 0 amide bonds. The number of rotatable bonds is 5. The van der Waals surface area contributed by atoms with Crippen LogP contribution in [0.5, 0.6) is 0 Å². The zero-order valence-corrected chi connectivity index (χ0v) is 11.1. The number of nitrogens with zero attached hydrogens (tertiary/aromatic N) is 2. The van der Waals surface area contributed by atoms with E-state index in [4.69, 9.17) is 5.73 Å². The van der Waals surface area contributed by atoms with Gasteiger partial charge in [0.1, 0.15) is 0 Å². The van der Waals surface area contributed by atoms with Crippen LogP contribution in [0, 0.1) is 6.92 Å². The molecule has 0 bridgehead atoms. The van der Waals surface area contributed by atoms with E-state index in [2.05, 4.69) is 49.4 Å². The largest absolute Gasteiger partial charge is 0.327 e. The highest BCUT2D eigenvalue weighted by Crippen LogP contribution is 2.09. The Bertz CT molecular complexity index is 485. The summed E-state index contributed by atoms with van der Waals surface area (Å²) in [7, 11) is 0. The summed E-state index contributed by atoms with van der Waals surface area (Å²) < 4.78 is 1.94. The van der Waals surface area contributed by atoms with Gasteiger partial charge in [0.25, 0.3) is 0 Å². The Hall–Kier alpha value is -1.61. The number of aryl methyl sites for hydroxylation is 2. The van der Waals surface area contributed by atoms with Crippen molar-refractivity contribution in [3.63, 3.8) is 0 Å². The fourth-order valence-corrected chi connectivity index (χ4v) is 2.09. The summed E-state index contributed by atoms with van der Waals surface area (Å²) in [6.07, 6.45) is 5.79. The van der Waals surface area contributed by atoms with Crippen molar-refractivity contribution in [2.24, 2.45) is 5.73 Å². The molecule has 0 spiro atoms. The van der Waals surface area contributed by atoms with Gasteiger partial charge in [-0.15, -0.1) is 0 Å². The van der Waals surface area contributed by atoms with Crippen molar-refractivity contribution < 1.29 is 0 Å². The predicted molar refractivity (Wildman–Crippen MR) is 74.5 cm³/mol. The van der Waals surface area contributed by atoms with Crippen LogP contribution < -0.4 is 5.73 Å². The summed E-state index contributed by atoms with van der Waals surface area (Å²) in [5.74, 6) is 0. The maximum absolute atomic E-state index is 6.19. The van der Waals surface area contributed by atoms with E-state index in [1.165, 1.54) is 16.7 Å². The van der Waals surface area contributed by atoms with Gasteiger partial charge in [-0.2, -0.15) is 5.10 Å². The highest BCUT2D eigenvalue weighted by molar-refractivity contribution is 5.22. The highest BCUT2D eigenvalue weighted by atomic mass is 15.3. The number of hydrogen-bond donors (Lipinski definition) is 1. The zero-order chi connectivity index (χ0) is 13.0. The van der Waals surface area contributed by atoms with E-state index in [1.807, 2.05) is 10.9 Å². The van der Waals surface area contributed by atoms with E-state index in [-0.39, 0.29) is 6.04 Å². The molecule has 0 aliphatic heterocycles. The average molecular weight is 243 g/mol. The van der Waals surface area contributed by atoms with Crippen molar-refractivity contribution >= 4 is 0 Å². The number of nitrogens with two attached hydrogens (primary N) is 1. The van der Waals surface area contributed by atoms with Crippen molar-refractivity contribution in [3.8, 4) is 0 Å². The molecule has 3 nitrogen and oxygen atoms in total. The second-order valence-electron chi connectivity index (χ2n) is 4.86. The van der Waals surface area contributed by atoms with Crippen LogP contribution in [0.15, 0.2) is 36.7 Å². The molecule has 0 fully saturated rings. The number of hydrogen-bond acceptors (Lipinski definition) is 2. The van der Waals surface area contributed by atoms with E-state index < -0.39 is 0 Å². The van der Waals surface area contributed by atoms with E-state index in [0.29, 0.717) is 0 Å². The van der Waals surface area contributed by atoms with E-state index in [1.54, 1.807) is 0 Å². The summed E-state index contributed by atoms with van der Waals surface area (Å²) in [6, 6.07) is 8.74. The van der Waals surface area contributed by atoms with E-state index in [0.717, 1.165) is 19.4 Å². The van der Waals surface area contributed by atoms with Gasteiger partial charge in [-0.05, 0) is 37.8 Å². The summed E-state index contributed by atoms with van der Waals surface area (Å²) in [6.45, 7) is 5.10. The molecule has 1 heterocycles. The number of benzene rings is 1. The van der Waals surface area contributed by atoms with Crippen molar-refractivity contribution in [1.82, 2.24) is 9.78 Å². The summed E-state index contributed by atoms with van der Waals surface area (Å²) >= 11 is 0. The normalized spacial score (nSPS) is 12.6. The minimum absolute atomic E-state index is 0.155. The standard InChI is InChI=1S/C15H21N3/c1-3-18-11-14(10-17-18)9-15(16)8-13-6-4-12(2)5-7-13/h4-7,10-11,15H,3,8-9,16H2,1-2H3. The van der Waals surface area contributed by atoms with Gasteiger partial charge in [0, 0.05) is 18.8 Å². The average Bonchev–Trinajstić information content (AvgIpc) is 2.79. The van der Waals surface area contributed by atoms with Gasteiger partial charge in [0.15, 0.2) is 0 Å². The van der Waals surface area contributed by atoms with Crippen molar-refractivity contribution in [3.05, 3.63) is 53.3 Å². The lowest BCUT2D eigenvalue weighted by molar-refractivity contribution is 0.650. The molecule has 3 heteroatoms. The molecule has 96 valence electrons. The summed E-state index contributed by atoms with van der Waals surface area (Å²) in [5.41, 5.74) is 10.00. The first-order valence-electron chi connectivity index (χ1n) is 6.50. The van der Waals surface area contributed by atoms with Crippen LogP contribution in [0.2, 0.25) is 0 Å². The summed E-state index contributed by atoms with van der Waals surface area (Å²) in [4.78, 5) is 0. The fourth-order valence-electron chi connectivity index (χ4n) is 2.09. The monoisotopic (exact) mass is 243 g/mol. The molecule has 2 rings (SSSR count). The Morgan fingerprint density at radius 2 is 1.83 bits per heavy atom. The Labute approximate surface area is 109 Å². The van der Waals surface area contributed by atoms with Crippen LogP contribution in [-0.4, -0.2) is 15.8 Å². The van der Waals surface area contributed by atoms with Crippen LogP contribution in [0.25, 0.3) is 0 Å². The van der Waals surface area contributed by atoms with Gasteiger partial charge in [-0.1, -0.05) is 29.8 Å². The Kier molecular flexibility index (Phi) is 4.15. The topological polar surface area (TPSA) is 43.8 Å². The van der Waals surface area contributed by atoms with Gasteiger partial charge >= 0.3 is 0 Å². The predicted octanol–water partition coefficient (Wildman–Crippen LogP) is 2.32.